The van der Waals surface area contributed by atoms with Gasteiger partial charge in [-0.3, -0.25) is 0 Å². The number of fused-ring (bicyclic) bond motifs is 14. The first-order valence-electron chi connectivity index (χ1n) is 20.1. The molecule has 17 unspecified atom stereocenters. The third-order valence-corrected chi connectivity index (χ3v) is 18.1. The molecule has 1 aliphatic heterocycles. The highest BCUT2D eigenvalue weighted by atomic mass is 32.2. The summed E-state index contributed by atoms with van der Waals surface area (Å²) >= 11 is 2.48. The van der Waals surface area contributed by atoms with Gasteiger partial charge in [0.25, 0.3) is 0 Å². The molecule has 17 atom stereocenters. The van der Waals surface area contributed by atoms with Crippen molar-refractivity contribution in [3.8, 4) is 0 Å². The van der Waals surface area contributed by atoms with Gasteiger partial charge in [0.05, 0.1) is 0 Å². The van der Waals surface area contributed by atoms with Crippen molar-refractivity contribution in [1.82, 2.24) is 5.32 Å². The third kappa shape index (κ3) is 4.41. The Morgan fingerprint density at radius 1 is 0.556 bits per heavy atom. The van der Waals surface area contributed by atoms with Crippen LogP contribution in [-0.4, -0.2) is 22.6 Å². The summed E-state index contributed by atoms with van der Waals surface area (Å²) in [5.41, 5.74) is 0.500. The van der Waals surface area contributed by atoms with Gasteiger partial charge in [-0.25, -0.2) is 0 Å². The molecule has 2 heteroatoms. The molecule has 1 nitrogen and oxygen atoms in total. The molecule has 0 aromatic rings. The van der Waals surface area contributed by atoms with E-state index in [1.54, 1.807) is 0 Å². The van der Waals surface area contributed by atoms with Crippen LogP contribution < -0.4 is 5.32 Å². The van der Waals surface area contributed by atoms with E-state index in [9.17, 15) is 0 Å². The average Bonchev–Trinajstić information content (AvgIpc) is 3.72. The molecule has 0 aromatic carbocycles. The standard InChI is InChI=1S/C43H59NS/c1-2-11-27(12-3-1)28-13-10-14-29(25-28)44-30-21-22-32-31-15-4-7-18-36(31)43(39(32)26-30)37-19-8-5-17-35(37)41-38(43)24-23-34-33-16-6-9-20-40(33)45-42(34)41/h2,5-7,11,16-18,23-24,27-42,44H,1,3-4,8-10,12-15,19-22,25-26H2. The van der Waals surface area contributed by atoms with Gasteiger partial charge in [-0.2, -0.15) is 11.8 Å². The first kappa shape index (κ1) is 29.0. The van der Waals surface area contributed by atoms with Crippen molar-refractivity contribution in [3.05, 3.63) is 60.8 Å². The summed E-state index contributed by atoms with van der Waals surface area (Å²) in [4.78, 5) is 0. The monoisotopic (exact) mass is 621 g/mol. The Bertz CT molecular complexity index is 1270. The minimum absolute atomic E-state index is 0.500. The fraction of sp³-hybridized carbons (Fsp3) is 0.767. The lowest BCUT2D eigenvalue weighted by Crippen LogP contribution is -2.50. The number of hydrogen-bond acceptors (Lipinski definition) is 2. The Morgan fingerprint density at radius 3 is 2.33 bits per heavy atom. The molecule has 4 saturated carbocycles. The summed E-state index contributed by atoms with van der Waals surface area (Å²) in [6.07, 6.45) is 49.8. The first-order valence-corrected chi connectivity index (χ1v) is 21.0. The molecule has 0 aromatic heterocycles. The third-order valence-electron chi connectivity index (χ3n) is 16.3. The van der Waals surface area contributed by atoms with Crippen molar-refractivity contribution in [2.24, 2.45) is 76.4 Å². The highest BCUT2D eigenvalue weighted by Crippen LogP contribution is 2.77. The molecular weight excluding hydrogens is 563 g/mol. The highest BCUT2D eigenvalue weighted by Gasteiger charge is 2.73. The molecule has 0 amide bonds. The molecule has 0 bridgehead atoms. The second-order valence-corrected chi connectivity index (χ2v) is 19.2. The summed E-state index contributed by atoms with van der Waals surface area (Å²) in [7, 11) is 0. The van der Waals surface area contributed by atoms with E-state index in [1.807, 2.05) is 0 Å². The van der Waals surface area contributed by atoms with E-state index >= 15 is 0 Å². The van der Waals surface area contributed by atoms with E-state index in [2.05, 4.69) is 77.8 Å². The van der Waals surface area contributed by atoms with E-state index in [0.717, 1.165) is 93.6 Å². The largest absolute Gasteiger partial charge is 0.311 e. The van der Waals surface area contributed by atoms with Crippen LogP contribution in [0.5, 0.6) is 0 Å². The van der Waals surface area contributed by atoms with Crippen LogP contribution >= 0.6 is 11.8 Å². The molecule has 0 radical (unpaired) electrons. The Kier molecular flexibility index (Phi) is 7.45. The van der Waals surface area contributed by atoms with Gasteiger partial charge < -0.3 is 5.32 Å². The van der Waals surface area contributed by atoms with Crippen molar-refractivity contribution in [2.75, 3.05) is 0 Å². The van der Waals surface area contributed by atoms with E-state index in [0.29, 0.717) is 5.41 Å². The predicted molar refractivity (Wildman–Crippen MR) is 190 cm³/mol. The summed E-state index contributed by atoms with van der Waals surface area (Å²) in [6, 6.07) is 1.52. The van der Waals surface area contributed by atoms with Crippen molar-refractivity contribution in [3.63, 3.8) is 0 Å². The van der Waals surface area contributed by atoms with Crippen LogP contribution in [0.1, 0.15) is 103 Å². The van der Waals surface area contributed by atoms with Gasteiger partial charge in [-0.1, -0.05) is 67.2 Å². The van der Waals surface area contributed by atoms with Crippen LogP contribution in [-0.2, 0) is 0 Å². The van der Waals surface area contributed by atoms with Gasteiger partial charge >= 0.3 is 0 Å². The van der Waals surface area contributed by atoms with Gasteiger partial charge in [0.1, 0.15) is 0 Å². The van der Waals surface area contributed by atoms with E-state index < -0.39 is 0 Å². The Hall–Kier alpha value is -0.990. The lowest BCUT2D eigenvalue weighted by Gasteiger charge is -2.51. The van der Waals surface area contributed by atoms with Crippen LogP contribution in [0.15, 0.2) is 60.8 Å². The second kappa shape index (κ2) is 11.6. The van der Waals surface area contributed by atoms with Gasteiger partial charge in [0.15, 0.2) is 0 Å². The smallest absolute Gasteiger partial charge is 0.0159 e. The van der Waals surface area contributed by atoms with Gasteiger partial charge in [0, 0.05) is 22.6 Å². The fourth-order valence-corrected chi connectivity index (χ4v) is 17.1. The number of thioether (sulfide) groups is 1. The zero-order valence-corrected chi connectivity index (χ0v) is 28.5. The number of hydrogen-bond donors (Lipinski definition) is 1. The molecule has 242 valence electrons. The zero-order chi connectivity index (χ0) is 29.5. The SMILES string of the molecule is C1=CC(C2CCCC(NC3CCC4C5CCC=CC5C5(C6C=CC7C8C=CCCC8SC7C6C6C=CCCC65)C4C3)C2)CCC1. The minimum Gasteiger partial charge on any atom is -0.311 e. The van der Waals surface area contributed by atoms with E-state index in [-0.39, 0.29) is 0 Å². The molecule has 45 heavy (non-hydrogen) atoms. The molecule has 1 spiro atoms. The molecule has 1 heterocycles. The molecular formula is C43H59NS. The maximum Gasteiger partial charge on any atom is 0.0159 e. The summed E-state index contributed by atoms with van der Waals surface area (Å²) < 4.78 is 0. The molecule has 10 rings (SSSR count). The minimum atomic E-state index is 0.500. The van der Waals surface area contributed by atoms with Crippen molar-refractivity contribution < 1.29 is 0 Å². The van der Waals surface area contributed by atoms with Crippen LogP contribution in [0.2, 0.25) is 0 Å². The van der Waals surface area contributed by atoms with Crippen LogP contribution in [0.25, 0.3) is 0 Å². The van der Waals surface area contributed by atoms with Crippen LogP contribution in [0, 0.1) is 76.4 Å². The van der Waals surface area contributed by atoms with Crippen molar-refractivity contribution in [1.29, 1.82) is 0 Å². The predicted octanol–water partition coefficient (Wildman–Crippen LogP) is 10.3. The van der Waals surface area contributed by atoms with E-state index in [4.69, 9.17) is 0 Å². The average molecular weight is 622 g/mol. The van der Waals surface area contributed by atoms with Gasteiger partial charge in [0.2, 0.25) is 0 Å². The van der Waals surface area contributed by atoms with Gasteiger partial charge in [-0.05, 0) is 173 Å². The Labute approximate surface area is 278 Å². The van der Waals surface area contributed by atoms with Crippen molar-refractivity contribution in [2.45, 2.75) is 125 Å². The number of nitrogens with one attached hydrogen (secondary N) is 1. The normalized spacial score (nSPS) is 55.6. The first-order chi connectivity index (χ1) is 22.3. The molecule has 1 N–H and O–H groups in total. The second-order valence-electron chi connectivity index (χ2n) is 17.8. The zero-order valence-electron chi connectivity index (χ0n) is 27.7. The van der Waals surface area contributed by atoms with Crippen LogP contribution in [0.3, 0.4) is 0 Å². The maximum atomic E-state index is 4.46. The summed E-state index contributed by atoms with van der Waals surface area (Å²) in [5.74, 6) is 10.5. The van der Waals surface area contributed by atoms with Crippen molar-refractivity contribution >= 4 is 11.8 Å². The lowest BCUT2D eigenvalue weighted by molar-refractivity contribution is 0.00721. The van der Waals surface area contributed by atoms with Crippen LogP contribution in [0.4, 0.5) is 0 Å². The Morgan fingerprint density at radius 2 is 1.40 bits per heavy atom. The fourth-order valence-electron chi connectivity index (χ4n) is 15.0. The van der Waals surface area contributed by atoms with E-state index in [1.165, 1.54) is 103 Å². The quantitative estimate of drug-likeness (QED) is 0.315. The summed E-state index contributed by atoms with van der Waals surface area (Å²) in [6.45, 7) is 0. The van der Waals surface area contributed by atoms with Gasteiger partial charge in [-0.15, -0.1) is 0 Å². The molecule has 9 aliphatic carbocycles. The topological polar surface area (TPSA) is 12.0 Å². The number of allylic oxidation sites excluding steroid dienone is 10. The highest BCUT2D eigenvalue weighted by molar-refractivity contribution is 8.00. The number of rotatable bonds is 3. The summed E-state index contributed by atoms with van der Waals surface area (Å²) in [5, 5.41) is 6.18. The lowest BCUT2D eigenvalue weighted by atomic mass is 9.54. The molecule has 5 fully saturated rings. The molecule has 1 saturated heterocycles. The Balaban J connectivity index is 0.978. The maximum absolute atomic E-state index is 4.46. The molecule has 10 aliphatic rings.